The summed E-state index contributed by atoms with van der Waals surface area (Å²) in [6.07, 6.45) is 15.8. The molecule has 1 aliphatic carbocycles. The van der Waals surface area contributed by atoms with Gasteiger partial charge in [-0.25, -0.2) is 9.78 Å². The Morgan fingerprint density at radius 2 is 2.14 bits per heavy atom. The SMILES string of the molecule is CCOC(=O)Nc1cncc(-c2ccnc(-c3ncc(C4C=CC=CC4)[nH]3)c2)c1. The molecule has 7 nitrogen and oxygen atoms in total. The van der Waals surface area contributed by atoms with Crippen LogP contribution in [0.3, 0.4) is 0 Å². The first-order valence-corrected chi connectivity index (χ1v) is 9.47. The quantitative estimate of drug-likeness (QED) is 0.662. The van der Waals surface area contributed by atoms with E-state index in [2.05, 4.69) is 49.6 Å². The van der Waals surface area contributed by atoms with Crippen molar-refractivity contribution >= 4 is 11.8 Å². The van der Waals surface area contributed by atoms with E-state index >= 15 is 0 Å². The van der Waals surface area contributed by atoms with E-state index in [9.17, 15) is 4.79 Å². The summed E-state index contributed by atoms with van der Waals surface area (Å²) in [5.41, 5.74) is 4.16. The van der Waals surface area contributed by atoms with Crippen LogP contribution in [0.1, 0.15) is 25.0 Å². The van der Waals surface area contributed by atoms with Gasteiger partial charge in [-0.05, 0) is 37.1 Å². The Kier molecular flexibility index (Phi) is 5.47. The van der Waals surface area contributed by atoms with Crippen LogP contribution in [0, 0.1) is 0 Å². The Balaban J connectivity index is 1.56. The molecule has 7 heteroatoms. The maximum Gasteiger partial charge on any atom is 0.411 e. The number of nitrogens with zero attached hydrogens (tertiary/aromatic N) is 3. The van der Waals surface area contributed by atoms with E-state index < -0.39 is 6.09 Å². The summed E-state index contributed by atoms with van der Waals surface area (Å²) in [5, 5.41) is 2.67. The van der Waals surface area contributed by atoms with Gasteiger partial charge in [0.05, 0.1) is 18.5 Å². The lowest BCUT2D eigenvalue weighted by molar-refractivity contribution is 0.168. The Morgan fingerprint density at radius 3 is 2.97 bits per heavy atom. The van der Waals surface area contributed by atoms with E-state index in [1.54, 1.807) is 25.5 Å². The first-order chi connectivity index (χ1) is 14.2. The third-order valence-corrected chi connectivity index (χ3v) is 4.57. The number of hydrogen-bond acceptors (Lipinski definition) is 5. The molecule has 29 heavy (non-hydrogen) atoms. The molecule has 0 spiro atoms. The van der Waals surface area contributed by atoms with Crippen LogP contribution in [0.5, 0.6) is 0 Å². The van der Waals surface area contributed by atoms with Gasteiger partial charge in [0, 0.05) is 35.8 Å². The number of allylic oxidation sites excluding steroid dienone is 4. The van der Waals surface area contributed by atoms with Crippen LogP contribution in [-0.4, -0.2) is 32.6 Å². The predicted octanol–water partition coefficient (Wildman–Crippen LogP) is 4.70. The number of anilines is 1. The fraction of sp³-hybridized carbons (Fsp3) is 0.182. The van der Waals surface area contributed by atoms with Crippen LogP contribution in [0.2, 0.25) is 0 Å². The molecule has 0 saturated carbocycles. The summed E-state index contributed by atoms with van der Waals surface area (Å²) < 4.78 is 4.91. The minimum atomic E-state index is -0.503. The minimum absolute atomic E-state index is 0.305. The maximum absolute atomic E-state index is 11.6. The number of amides is 1. The second-order valence-electron chi connectivity index (χ2n) is 6.58. The molecule has 0 bridgehead atoms. The second-order valence-corrected chi connectivity index (χ2v) is 6.58. The molecular weight excluding hydrogens is 366 g/mol. The van der Waals surface area contributed by atoms with E-state index in [4.69, 9.17) is 4.74 Å². The number of aromatic amines is 1. The molecule has 0 saturated heterocycles. The summed E-state index contributed by atoms with van der Waals surface area (Å²) in [5.74, 6) is 1.03. The van der Waals surface area contributed by atoms with Crippen molar-refractivity contribution in [2.45, 2.75) is 19.3 Å². The van der Waals surface area contributed by atoms with Gasteiger partial charge < -0.3 is 9.72 Å². The number of pyridine rings is 2. The van der Waals surface area contributed by atoms with Gasteiger partial charge in [-0.3, -0.25) is 15.3 Å². The minimum Gasteiger partial charge on any atom is -0.450 e. The molecular formula is C22H21N5O2. The number of H-pyrrole nitrogens is 1. The van der Waals surface area contributed by atoms with Crippen LogP contribution in [0.4, 0.5) is 10.5 Å². The van der Waals surface area contributed by atoms with Crippen LogP contribution in [0.25, 0.3) is 22.6 Å². The van der Waals surface area contributed by atoms with Gasteiger partial charge in [0.1, 0.15) is 5.69 Å². The van der Waals surface area contributed by atoms with Gasteiger partial charge >= 0.3 is 6.09 Å². The fourth-order valence-electron chi connectivity index (χ4n) is 3.16. The topological polar surface area (TPSA) is 92.8 Å². The first-order valence-electron chi connectivity index (χ1n) is 9.47. The van der Waals surface area contributed by atoms with Crippen molar-refractivity contribution in [2.75, 3.05) is 11.9 Å². The highest BCUT2D eigenvalue weighted by Crippen LogP contribution is 2.27. The lowest BCUT2D eigenvalue weighted by atomic mass is 9.98. The normalized spacial score (nSPS) is 15.3. The summed E-state index contributed by atoms with van der Waals surface area (Å²) in [4.78, 5) is 28.2. The zero-order chi connectivity index (χ0) is 20.1. The molecule has 1 unspecified atom stereocenters. The van der Waals surface area contributed by atoms with Crippen molar-refractivity contribution in [1.82, 2.24) is 19.9 Å². The van der Waals surface area contributed by atoms with Crippen molar-refractivity contribution in [3.8, 4) is 22.6 Å². The molecule has 0 radical (unpaired) electrons. The summed E-state index contributed by atoms with van der Waals surface area (Å²) >= 11 is 0. The maximum atomic E-state index is 11.6. The van der Waals surface area contributed by atoms with Crippen molar-refractivity contribution in [1.29, 1.82) is 0 Å². The van der Waals surface area contributed by atoms with Crippen molar-refractivity contribution in [3.05, 3.63) is 73.0 Å². The highest BCUT2D eigenvalue weighted by molar-refractivity contribution is 5.85. The van der Waals surface area contributed by atoms with Gasteiger partial charge in [-0.2, -0.15) is 0 Å². The van der Waals surface area contributed by atoms with E-state index in [0.29, 0.717) is 18.2 Å². The fourth-order valence-corrected chi connectivity index (χ4v) is 3.16. The zero-order valence-corrected chi connectivity index (χ0v) is 16.0. The summed E-state index contributed by atoms with van der Waals surface area (Å²) in [6, 6.07) is 5.69. The number of carbonyl (C=O) groups excluding carboxylic acids is 1. The van der Waals surface area contributed by atoms with Crippen molar-refractivity contribution in [2.24, 2.45) is 0 Å². The van der Waals surface area contributed by atoms with Crippen LogP contribution < -0.4 is 5.32 Å². The third kappa shape index (κ3) is 4.40. The highest BCUT2D eigenvalue weighted by atomic mass is 16.5. The van der Waals surface area contributed by atoms with Crippen LogP contribution >= 0.6 is 0 Å². The van der Waals surface area contributed by atoms with E-state index in [0.717, 1.165) is 34.8 Å². The molecule has 1 amide bonds. The predicted molar refractivity (Wildman–Crippen MR) is 111 cm³/mol. The van der Waals surface area contributed by atoms with Crippen molar-refractivity contribution < 1.29 is 9.53 Å². The first kappa shape index (κ1) is 18.6. The molecule has 2 N–H and O–H groups in total. The Labute approximate surface area is 168 Å². The van der Waals surface area contributed by atoms with E-state index in [1.165, 1.54) is 0 Å². The number of imidazole rings is 1. The molecule has 146 valence electrons. The van der Waals surface area contributed by atoms with Gasteiger partial charge in [0.2, 0.25) is 0 Å². The van der Waals surface area contributed by atoms with Crippen LogP contribution in [-0.2, 0) is 4.74 Å². The number of aromatic nitrogens is 4. The Hall–Kier alpha value is -3.74. The Morgan fingerprint density at radius 1 is 1.21 bits per heavy atom. The zero-order valence-electron chi connectivity index (χ0n) is 16.0. The molecule has 0 aliphatic heterocycles. The molecule has 0 aromatic carbocycles. The van der Waals surface area contributed by atoms with E-state index in [1.807, 2.05) is 24.4 Å². The van der Waals surface area contributed by atoms with Crippen LogP contribution in [0.15, 0.2) is 67.3 Å². The average molecular weight is 387 g/mol. The molecule has 4 rings (SSSR count). The molecule has 1 aliphatic rings. The van der Waals surface area contributed by atoms with Gasteiger partial charge in [0.25, 0.3) is 0 Å². The number of nitrogens with one attached hydrogen (secondary N) is 2. The Bertz CT molecular complexity index is 1070. The number of carbonyl (C=O) groups is 1. The third-order valence-electron chi connectivity index (χ3n) is 4.57. The van der Waals surface area contributed by atoms with Gasteiger partial charge in [0.15, 0.2) is 5.82 Å². The smallest absolute Gasteiger partial charge is 0.411 e. The summed E-state index contributed by atoms with van der Waals surface area (Å²) in [7, 11) is 0. The molecule has 0 fully saturated rings. The number of ether oxygens (including phenoxy) is 1. The standard InChI is InChI=1S/C22H21N5O2/c1-2-29-22(28)26-18-10-17(12-23-13-18)16-8-9-24-19(11-16)21-25-14-20(27-21)15-6-4-3-5-7-15/h3-6,8-15H,2,7H2,1H3,(H,25,27)(H,26,28). The number of hydrogen-bond donors (Lipinski definition) is 2. The monoisotopic (exact) mass is 387 g/mol. The average Bonchev–Trinajstić information content (AvgIpc) is 3.25. The molecule has 3 heterocycles. The lowest BCUT2D eigenvalue weighted by Crippen LogP contribution is -2.13. The molecule has 1 atom stereocenters. The van der Waals surface area contributed by atoms with Gasteiger partial charge in [-0.1, -0.05) is 24.3 Å². The lowest BCUT2D eigenvalue weighted by Gasteiger charge is -2.10. The molecule has 3 aromatic rings. The van der Waals surface area contributed by atoms with E-state index in [-0.39, 0.29) is 0 Å². The molecule has 3 aromatic heterocycles. The van der Waals surface area contributed by atoms with Crippen molar-refractivity contribution in [3.63, 3.8) is 0 Å². The number of rotatable bonds is 5. The highest BCUT2D eigenvalue weighted by Gasteiger charge is 2.13. The summed E-state index contributed by atoms with van der Waals surface area (Å²) in [6.45, 7) is 2.07. The largest absolute Gasteiger partial charge is 0.450 e. The van der Waals surface area contributed by atoms with Gasteiger partial charge in [-0.15, -0.1) is 0 Å². The second kappa shape index (κ2) is 8.52.